The molecule has 0 fully saturated rings. The van der Waals surface area contributed by atoms with Gasteiger partial charge >= 0.3 is 0 Å². The third-order valence-corrected chi connectivity index (χ3v) is 2.09. The van der Waals surface area contributed by atoms with Crippen molar-refractivity contribution in [3.63, 3.8) is 0 Å². The number of nitrogens with one attached hydrogen (secondary N) is 1. The minimum atomic E-state index is -0.134. The van der Waals surface area contributed by atoms with E-state index in [0.717, 1.165) is 6.42 Å². The van der Waals surface area contributed by atoms with Gasteiger partial charge in [-0.25, -0.2) is 4.98 Å². The molecule has 1 rings (SSSR count). The number of carbonyl (C=O) groups is 1. The van der Waals surface area contributed by atoms with Crippen molar-refractivity contribution in [3.8, 4) is 0 Å². The maximum absolute atomic E-state index is 11.3. The molecule has 4 nitrogen and oxygen atoms in total. The highest BCUT2D eigenvalue weighted by molar-refractivity contribution is 7.07. The minimum Gasteiger partial charge on any atom is -0.502 e. The standard InChI is InChI=1S/C9H12N2O2S/c1-2-13-5-3-4-10-9(12)8-6-14-7-11-8/h2,6-7H,1,3-5H2,(H,10,12). The van der Waals surface area contributed by atoms with Crippen LogP contribution in [0.25, 0.3) is 0 Å². The van der Waals surface area contributed by atoms with Crippen LogP contribution in [0.5, 0.6) is 0 Å². The van der Waals surface area contributed by atoms with Crippen LogP contribution in [0.3, 0.4) is 0 Å². The number of thiazole rings is 1. The summed E-state index contributed by atoms with van der Waals surface area (Å²) in [6.45, 7) is 4.57. The molecule has 0 aliphatic heterocycles. The van der Waals surface area contributed by atoms with Crippen LogP contribution >= 0.6 is 11.3 Å². The number of hydrogen-bond donors (Lipinski definition) is 1. The van der Waals surface area contributed by atoms with Crippen molar-refractivity contribution in [2.45, 2.75) is 6.42 Å². The Kier molecular flexibility index (Phi) is 4.71. The van der Waals surface area contributed by atoms with E-state index in [2.05, 4.69) is 16.9 Å². The molecule has 76 valence electrons. The van der Waals surface area contributed by atoms with E-state index in [4.69, 9.17) is 4.74 Å². The highest BCUT2D eigenvalue weighted by Crippen LogP contribution is 1.99. The van der Waals surface area contributed by atoms with Crippen LogP contribution in [0.15, 0.2) is 23.7 Å². The average molecular weight is 212 g/mol. The monoisotopic (exact) mass is 212 g/mol. The molecule has 0 saturated carbocycles. The third-order valence-electron chi connectivity index (χ3n) is 1.51. The van der Waals surface area contributed by atoms with Gasteiger partial charge in [-0.05, 0) is 6.42 Å². The number of rotatable bonds is 6. The first kappa shape index (κ1) is 10.7. The molecule has 0 saturated heterocycles. The maximum atomic E-state index is 11.3. The van der Waals surface area contributed by atoms with E-state index in [1.165, 1.54) is 17.6 Å². The molecule has 1 aromatic rings. The molecule has 0 atom stereocenters. The van der Waals surface area contributed by atoms with Crippen LogP contribution in [-0.2, 0) is 4.74 Å². The summed E-state index contributed by atoms with van der Waals surface area (Å²) < 4.78 is 4.91. The van der Waals surface area contributed by atoms with Gasteiger partial charge in [0, 0.05) is 11.9 Å². The van der Waals surface area contributed by atoms with E-state index >= 15 is 0 Å². The minimum absolute atomic E-state index is 0.134. The first-order chi connectivity index (χ1) is 6.84. The Bertz CT molecular complexity index is 285. The van der Waals surface area contributed by atoms with Crippen molar-refractivity contribution in [2.75, 3.05) is 13.2 Å². The first-order valence-electron chi connectivity index (χ1n) is 4.23. The van der Waals surface area contributed by atoms with Gasteiger partial charge < -0.3 is 10.1 Å². The molecular formula is C9H12N2O2S. The van der Waals surface area contributed by atoms with E-state index in [-0.39, 0.29) is 5.91 Å². The van der Waals surface area contributed by atoms with Crippen molar-refractivity contribution in [3.05, 3.63) is 29.4 Å². The van der Waals surface area contributed by atoms with Crippen molar-refractivity contribution < 1.29 is 9.53 Å². The molecule has 1 aromatic heterocycles. The Hall–Kier alpha value is -1.36. The summed E-state index contributed by atoms with van der Waals surface area (Å²) in [4.78, 5) is 15.2. The second-order valence-corrected chi connectivity index (χ2v) is 3.24. The van der Waals surface area contributed by atoms with Gasteiger partial charge in [0.2, 0.25) is 0 Å². The van der Waals surface area contributed by atoms with Crippen molar-refractivity contribution >= 4 is 17.2 Å². The maximum Gasteiger partial charge on any atom is 0.270 e. The lowest BCUT2D eigenvalue weighted by atomic mass is 10.4. The van der Waals surface area contributed by atoms with E-state index in [0.29, 0.717) is 18.8 Å². The molecule has 1 amide bonds. The fraction of sp³-hybridized carbons (Fsp3) is 0.333. The fourth-order valence-corrected chi connectivity index (χ4v) is 1.39. The zero-order valence-corrected chi connectivity index (χ0v) is 8.55. The molecule has 0 aliphatic carbocycles. The van der Waals surface area contributed by atoms with Gasteiger partial charge in [0.25, 0.3) is 5.91 Å². The number of amides is 1. The topological polar surface area (TPSA) is 51.2 Å². The Labute approximate surface area is 86.6 Å². The molecule has 0 bridgehead atoms. The normalized spacial score (nSPS) is 9.43. The largest absolute Gasteiger partial charge is 0.502 e. The lowest BCUT2D eigenvalue weighted by Crippen LogP contribution is -2.25. The van der Waals surface area contributed by atoms with Gasteiger partial charge in [-0.15, -0.1) is 11.3 Å². The van der Waals surface area contributed by atoms with E-state index in [1.807, 2.05) is 0 Å². The number of nitrogens with zero attached hydrogens (tertiary/aromatic N) is 1. The zero-order valence-electron chi connectivity index (χ0n) is 7.73. The highest BCUT2D eigenvalue weighted by atomic mass is 32.1. The van der Waals surface area contributed by atoms with Crippen LogP contribution < -0.4 is 5.32 Å². The Morgan fingerprint density at radius 1 is 1.79 bits per heavy atom. The SMILES string of the molecule is C=COCCCNC(=O)c1cscn1. The van der Waals surface area contributed by atoms with E-state index in [9.17, 15) is 4.79 Å². The van der Waals surface area contributed by atoms with Crippen LogP contribution in [0.2, 0.25) is 0 Å². The van der Waals surface area contributed by atoms with Gasteiger partial charge in [0.05, 0.1) is 18.4 Å². The van der Waals surface area contributed by atoms with Gasteiger partial charge in [0.1, 0.15) is 5.69 Å². The molecule has 0 aliphatic rings. The number of aromatic nitrogens is 1. The lowest BCUT2D eigenvalue weighted by molar-refractivity contribution is 0.0946. The molecule has 0 aromatic carbocycles. The second-order valence-electron chi connectivity index (χ2n) is 2.52. The van der Waals surface area contributed by atoms with Gasteiger partial charge in [-0.1, -0.05) is 6.58 Å². The number of carbonyl (C=O) groups excluding carboxylic acids is 1. The smallest absolute Gasteiger partial charge is 0.270 e. The van der Waals surface area contributed by atoms with Crippen molar-refractivity contribution in [1.82, 2.24) is 10.3 Å². The van der Waals surface area contributed by atoms with E-state index in [1.54, 1.807) is 10.9 Å². The summed E-state index contributed by atoms with van der Waals surface area (Å²) in [6, 6.07) is 0. The van der Waals surface area contributed by atoms with Gasteiger partial charge in [0.15, 0.2) is 0 Å². The summed E-state index contributed by atoms with van der Waals surface area (Å²) in [5, 5.41) is 4.45. The summed E-state index contributed by atoms with van der Waals surface area (Å²) >= 11 is 1.41. The van der Waals surface area contributed by atoms with Gasteiger partial charge in [-0.3, -0.25) is 4.79 Å². The summed E-state index contributed by atoms with van der Waals surface area (Å²) in [6.07, 6.45) is 2.16. The number of hydrogen-bond acceptors (Lipinski definition) is 4. The molecule has 1 heterocycles. The first-order valence-corrected chi connectivity index (χ1v) is 5.17. The van der Waals surface area contributed by atoms with Crippen LogP contribution in [0.4, 0.5) is 0 Å². The van der Waals surface area contributed by atoms with Crippen LogP contribution in [0.1, 0.15) is 16.9 Å². The predicted molar refractivity (Wildman–Crippen MR) is 55.2 cm³/mol. The van der Waals surface area contributed by atoms with E-state index < -0.39 is 0 Å². The quantitative estimate of drug-likeness (QED) is 0.573. The molecule has 5 heteroatoms. The average Bonchev–Trinajstić information content (AvgIpc) is 2.70. The summed E-state index contributed by atoms with van der Waals surface area (Å²) in [5.41, 5.74) is 2.11. The Morgan fingerprint density at radius 2 is 2.64 bits per heavy atom. The zero-order chi connectivity index (χ0) is 10.2. The molecule has 0 radical (unpaired) electrons. The molecule has 0 spiro atoms. The van der Waals surface area contributed by atoms with Crippen molar-refractivity contribution in [2.24, 2.45) is 0 Å². The summed E-state index contributed by atoms with van der Waals surface area (Å²) in [5.74, 6) is -0.134. The highest BCUT2D eigenvalue weighted by Gasteiger charge is 2.05. The van der Waals surface area contributed by atoms with Gasteiger partial charge in [-0.2, -0.15) is 0 Å². The Balaban J connectivity index is 2.13. The number of ether oxygens (including phenoxy) is 1. The molecular weight excluding hydrogens is 200 g/mol. The molecule has 0 unspecified atom stereocenters. The van der Waals surface area contributed by atoms with Crippen molar-refractivity contribution in [1.29, 1.82) is 0 Å². The van der Waals surface area contributed by atoms with Crippen LogP contribution in [-0.4, -0.2) is 24.0 Å². The summed E-state index contributed by atoms with van der Waals surface area (Å²) in [7, 11) is 0. The van der Waals surface area contributed by atoms with Crippen LogP contribution in [0, 0.1) is 0 Å². The molecule has 14 heavy (non-hydrogen) atoms. The predicted octanol–water partition coefficient (Wildman–Crippen LogP) is 1.42. The lowest BCUT2D eigenvalue weighted by Gasteiger charge is -2.02. The fourth-order valence-electron chi connectivity index (χ4n) is 0.856. The Morgan fingerprint density at radius 3 is 3.29 bits per heavy atom. The second kappa shape index (κ2) is 6.15. The molecule has 1 N–H and O–H groups in total. The third kappa shape index (κ3) is 3.57.